The smallest absolute Gasteiger partial charge is 0.238 e. The van der Waals surface area contributed by atoms with E-state index in [0.717, 1.165) is 48.1 Å². The van der Waals surface area contributed by atoms with E-state index in [1.54, 1.807) is 0 Å². The zero-order valence-electron chi connectivity index (χ0n) is 19.3. The Morgan fingerprint density at radius 2 is 1.79 bits per heavy atom. The summed E-state index contributed by atoms with van der Waals surface area (Å²) in [4.78, 5) is 31.4. The summed E-state index contributed by atoms with van der Waals surface area (Å²) in [6, 6.07) is 17.5. The molecule has 8 heteroatoms. The summed E-state index contributed by atoms with van der Waals surface area (Å²) in [6.07, 6.45) is 1.93. The number of nitrogens with one attached hydrogen (secondary N) is 2. The van der Waals surface area contributed by atoms with Crippen LogP contribution >= 0.6 is 11.3 Å². The third-order valence-electron chi connectivity index (χ3n) is 5.70. The van der Waals surface area contributed by atoms with Crippen molar-refractivity contribution in [2.45, 2.75) is 38.8 Å². The molecule has 0 radical (unpaired) electrons. The maximum atomic E-state index is 12.5. The second-order valence-electron chi connectivity index (χ2n) is 8.54. The van der Waals surface area contributed by atoms with Gasteiger partial charge in [-0.3, -0.25) is 14.5 Å². The molecule has 0 saturated carbocycles. The molecule has 1 fully saturated rings. The quantitative estimate of drug-likeness (QED) is 0.489. The number of carbonyl (C=O) groups excluding carboxylic acids is 2. The molecule has 3 aromatic rings. The van der Waals surface area contributed by atoms with Gasteiger partial charge in [0.1, 0.15) is 17.4 Å². The van der Waals surface area contributed by atoms with Crippen LogP contribution in [0.25, 0.3) is 0 Å². The number of hydrogen-bond donors (Lipinski definition) is 2. The van der Waals surface area contributed by atoms with Gasteiger partial charge in [0.05, 0.1) is 18.7 Å². The largest absolute Gasteiger partial charge is 0.486 e. The van der Waals surface area contributed by atoms with E-state index >= 15 is 0 Å². The molecule has 1 aromatic heterocycles. The molecular weight excluding hydrogens is 448 g/mol. The molecule has 0 unspecified atom stereocenters. The average Bonchev–Trinajstić information content (AvgIpc) is 3.27. The molecule has 2 aromatic carbocycles. The van der Waals surface area contributed by atoms with E-state index in [4.69, 9.17) is 4.74 Å². The van der Waals surface area contributed by atoms with Gasteiger partial charge in [-0.05, 0) is 44.0 Å². The van der Waals surface area contributed by atoms with E-state index in [9.17, 15) is 9.59 Å². The number of amides is 2. The van der Waals surface area contributed by atoms with Gasteiger partial charge in [-0.15, -0.1) is 11.3 Å². The molecular formula is C26H30N4O3S. The van der Waals surface area contributed by atoms with Crippen LogP contribution in [0.15, 0.2) is 60.0 Å². The standard InChI is InChI=1S/C26H30N4O3S/c1-19-7-9-23(10-8-19)33-17-26-29-22(18-34-26)15-24(31)27-21-11-13-30(14-12-21)16-25(32)28-20-5-3-2-4-6-20/h2-10,18,21H,11-17H2,1H3,(H,27,31)(H,28,32). The lowest BCUT2D eigenvalue weighted by Gasteiger charge is -2.31. The fourth-order valence-corrected chi connectivity index (χ4v) is 4.58. The van der Waals surface area contributed by atoms with E-state index < -0.39 is 0 Å². The lowest BCUT2D eigenvalue weighted by molar-refractivity contribution is -0.122. The summed E-state index contributed by atoms with van der Waals surface area (Å²) in [5.41, 5.74) is 2.76. The van der Waals surface area contributed by atoms with Gasteiger partial charge >= 0.3 is 0 Å². The van der Waals surface area contributed by atoms with Crippen molar-refractivity contribution < 1.29 is 14.3 Å². The molecule has 34 heavy (non-hydrogen) atoms. The van der Waals surface area contributed by atoms with Crippen molar-refractivity contribution in [3.05, 3.63) is 76.2 Å². The second-order valence-corrected chi connectivity index (χ2v) is 9.49. The number of anilines is 1. The van der Waals surface area contributed by atoms with Crippen LogP contribution in [0.2, 0.25) is 0 Å². The average molecular weight is 479 g/mol. The molecule has 2 N–H and O–H groups in total. The van der Waals surface area contributed by atoms with Crippen LogP contribution in [-0.4, -0.2) is 47.4 Å². The van der Waals surface area contributed by atoms with Crippen LogP contribution in [-0.2, 0) is 22.6 Å². The van der Waals surface area contributed by atoms with Gasteiger partial charge in [0.2, 0.25) is 11.8 Å². The zero-order valence-corrected chi connectivity index (χ0v) is 20.1. The summed E-state index contributed by atoms with van der Waals surface area (Å²) < 4.78 is 5.77. The zero-order chi connectivity index (χ0) is 23.8. The van der Waals surface area contributed by atoms with Crippen molar-refractivity contribution in [2.24, 2.45) is 0 Å². The number of piperidine rings is 1. The van der Waals surface area contributed by atoms with Crippen LogP contribution in [0.3, 0.4) is 0 Å². The Balaban J connectivity index is 1.15. The van der Waals surface area contributed by atoms with Crippen LogP contribution in [0.1, 0.15) is 29.1 Å². The van der Waals surface area contributed by atoms with Crippen LogP contribution < -0.4 is 15.4 Å². The second kappa shape index (κ2) is 11.8. The molecule has 0 atom stereocenters. The Hall–Kier alpha value is -3.23. The predicted molar refractivity (Wildman–Crippen MR) is 134 cm³/mol. The number of benzene rings is 2. The number of nitrogens with zero attached hydrogens (tertiary/aromatic N) is 2. The summed E-state index contributed by atoms with van der Waals surface area (Å²) in [6.45, 7) is 4.36. The molecule has 2 amide bonds. The number of hydrogen-bond acceptors (Lipinski definition) is 6. The molecule has 0 aliphatic carbocycles. The number of rotatable bonds is 9. The highest BCUT2D eigenvalue weighted by Gasteiger charge is 2.22. The number of ether oxygens (including phenoxy) is 1. The van der Waals surface area contributed by atoms with Crippen molar-refractivity contribution >= 4 is 28.8 Å². The Morgan fingerprint density at radius 3 is 2.53 bits per heavy atom. The first-order valence-corrected chi connectivity index (χ1v) is 12.4. The monoisotopic (exact) mass is 478 g/mol. The number of aromatic nitrogens is 1. The van der Waals surface area contributed by atoms with Gasteiger partial charge in [0.15, 0.2) is 0 Å². The molecule has 0 bridgehead atoms. The SMILES string of the molecule is Cc1ccc(OCc2nc(CC(=O)NC3CCN(CC(=O)Nc4ccccc4)CC3)cs2)cc1. The van der Waals surface area contributed by atoms with Crippen molar-refractivity contribution in [1.29, 1.82) is 0 Å². The molecule has 4 rings (SSSR count). The van der Waals surface area contributed by atoms with Crippen molar-refractivity contribution in [2.75, 3.05) is 25.0 Å². The third-order valence-corrected chi connectivity index (χ3v) is 6.57. The summed E-state index contributed by atoms with van der Waals surface area (Å²) >= 11 is 1.51. The minimum atomic E-state index is -0.0171. The molecule has 1 aliphatic heterocycles. The van der Waals surface area contributed by atoms with E-state index in [1.807, 2.05) is 66.9 Å². The van der Waals surface area contributed by atoms with Gasteiger partial charge < -0.3 is 15.4 Å². The predicted octanol–water partition coefficient (Wildman–Crippen LogP) is 3.79. The lowest BCUT2D eigenvalue weighted by Crippen LogP contribution is -2.46. The highest BCUT2D eigenvalue weighted by atomic mass is 32.1. The topological polar surface area (TPSA) is 83.6 Å². The Kier molecular flexibility index (Phi) is 8.27. The van der Waals surface area contributed by atoms with Crippen LogP contribution in [0, 0.1) is 6.92 Å². The maximum absolute atomic E-state index is 12.5. The molecule has 1 saturated heterocycles. The Morgan fingerprint density at radius 1 is 1.06 bits per heavy atom. The van der Waals surface area contributed by atoms with Crippen LogP contribution in [0.4, 0.5) is 5.69 Å². The van der Waals surface area contributed by atoms with Gasteiger partial charge in [0.25, 0.3) is 0 Å². The van der Waals surface area contributed by atoms with Crippen LogP contribution in [0.5, 0.6) is 5.75 Å². The summed E-state index contributed by atoms with van der Waals surface area (Å²) in [5.74, 6) is 0.778. The molecule has 1 aliphatic rings. The third kappa shape index (κ3) is 7.40. The lowest BCUT2D eigenvalue weighted by atomic mass is 10.0. The number of carbonyl (C=O) groups is 2. The Labute approximate surface area is 204 Å². The maximum Gasteiger partial charge on any atom is 0.238 e. The first kappa shape index (κ1) is 23.9. The van der Waals surface area contributed by atoms with Crippen molar-refractivity contribution in [1.82, 2.24) is 15.2 Å². The summed E-state index contributed by atoms with van der Waals surface area (Å²) in [7, 11) is 0. The molecule has 178 valence electrons. The molecule has 0 spiro atoms. The molecule has 7 nitrogen and oxygen atoms in total. The minimum absolute atomic E-state index is 0.0145. The van der Waals surface area contributed by atoms with Crippen molar-refractivity contribution in [3.63, 3.8) is 0 Å². The fraction of sp³-hybridized carbons (Fsp3) is 0.346. The molecule has 2 heterocycles. The minimum Gasteiger partial charge on any atom is -0.486 e. The van der Waals surface area contributed by atoms with E-state index in [2.05, 4.69) is 20.5 Å². The van der Waals surface area contributed by atoms with E-state index in [1.165, 1.54) is 16.9 Å². The fourth-order valence-electron chi connectivity index (χ4n) is 3.88. The Bertz CT molecular complexity index is 1080. The first-order chi connectivity index (χ1) is 16.5. The highest BCUT2D eigenvalue weighted by Crippen LogP contribution is 2.17. The van der Waals surface area contributed by atoms with Gasteiger partial charge in [-0.2, -0.15) is 0 Å². The number of thiazole rings is 1. The van der Waals surface area contributed by atoms with Gasteiger partial charge in [0, 0.05) is 30.2 Å². The highest BCUT2D eigenvalue weighted by molar-refractivity contribution is 7.09. The normalized spacial score (nSPS) is 14.5. The van der Waals surface area contributed by atoms with Crippen molar-refractivity contribution in [3.8, 4) is 5.75 Å². The van der Waals surface area contributed by atoms with E-state index in [0.29, 0.717) is 13.2 Å². The van der Waals surface area contributed by atoms with E-state index in [-0.39, 0.29) is 24.3 Å². The van der Waals surface area contributed by atoms with Gasteiger partial charge in [-0.1, -0.05) is 35.9 Å². The van der Waals surface area contributed by atoms with Gasteiger partial charge in [-0.25, -0.2) is 4.98 Å². The first-order valence-electron chi connectivity index (χ1n) is 11.5. The number of aryl methyl sites for hydroxylation is 1. The summed E-state index contributed by atoms with van der Waals surface area (Å²) in [5, 5.41) is 8.81. The number of likely N-dealkylation sites (tertiary alicyclic amines) is 1. The number of para-hydroxylation sites is 1.